The van der Waals surface area contributed by atoms with Crippen LogP contribution in [0.5, 0.6) is 0 Å². The first-order chi connectivity index (χ1) is 13.4. The van der Waals surface area contributed by atoms with Gasteiger partial charge in [0, 0.05) is 39.8 Å². The maximum Gasteiger partial charge on any atom is 0.274 e. The molecule has 1 aromatic carbocycles. The van der Waals surface area contributed by atoms with Crippen LogP contribution in [0.15, 0.2) is 41.2 Å². The summed E-state index contributed by atoms with van der Waals surface area (Å²) in [5.74, 6) is 0.333. The lowest BCUT2D eigenvalue weighted by Gasteiger charge is -2.34. The smallest absolute Gasteiger partial charge is 0.274 e. The van der Waals surface area contributed by atoms with Gasteiger partial charge in [0.05, 0.1) is 0 Å². The highest BCUT2D eigenvalue weighted by Gasteiger charge is 2.23. The standard InChI is InChI=1S/C22H30N4O2/c1-17-7-4-5-9-19(17)12-14-26-13-6-8-18(16-26)15-24(2)22(28)20-10-11-21(27)25(3)23-20/h4-5,7,9-11,18H,6,8,12-16H2,1-3H3/t18-/m1/s1. The lowest BCUT2D eigenvalue weighted by molar-refractivity contribution is 0.0722. The van der Waals surface area contributed by atoms with Gasteiger partial charge in [-0.15, -0.1) is 0 Å². The largest absolute Gasteiger partial charge is 0.340 e. The summed E-state index contributed by atoms with van der Waals surface area (Å²) < 4.78 is 1.20. The molecule has 2 heterocycles. The van der Waals surface area contributed by atoms with Gasteiger partial charge >= 0.3 is 0 Å². The number of carbonyl (C=O) groups is 1. The van der Waals surface area contributed by atoms with E-state index in [1.807, 2.05) is 7.05 Å². The predicted molar refractivity (Wildman–Crippen MR) is 110 cm³/mol. The molecule has 1 aliphatic rings. The van der Waals surface area contributed by atoms with Crippen LogP contribution in [0.25, 0.3) is 0 Å². The highest BCUT2D eigenvalue weighted by atomic mass is 16.2. The number of aromatic nitrogens is 2. The Morgan fingerprint density at radius 1 is 1.25 bits per heavy atom. The molecule has 0 spiro atoms. The van der Waals surface area contributed by atoms with Crippen molar-refractivity contribution in [2.45, 2.75) is 26.2 Å². The van der Waals surface area contributed by atoms with Gasteiger partial charge in [0.2, 0.25) is 0 Å². The summed E-state index contributed by atoms with van der Waals surface area (Å²) in [5.41, 5.74) is 2.87. The molecule has 1 saturated heterocycles. The second-order valence-electron chi connectivity index (χ2n) is 7.85. The minimum Gasteiger partial charge on any atom is -0.340 e. The summed E-state index contributed by atoms with van der Waals surface area (Å²) >= 11 is 0. The van der Waals surface area contributed by atoms with E-state index in [4.69, 9.17) is 0 Å². The van der Waals surface area contributed by atoms with E-state index in [1.165, 1.54) is 34.4 Å². The van der Waals surface area contributed by atoms with Crippen LogP contribution < -0.4 is 5.56 Å². The highest BCUT2D eigenvalue weighted by Crippen LogP contribution is 2.19. The number of rotatable bonds is 6. The molecule has 6 nitrogen and oxygen atoms in total. The van der Waals surface area contributed by atoms with Crippen LogP contribution in [0.3, 0.4) is 0 Å². The third-order valence-corrected chi connectivity index (χ3v) is 5.62. The summed E-state index contributed by atoms with van der Waals surface area (Å²) in [6.45, 7) is 6.08. The third kappa shape index (κ3) is 5.07. The number of hydrogen-bond donors (Lipinski definition) is 0. The molecule has 1 atom stereocenters. The lowest BCUT2D eigenvalue weighted by Crippen LogP contribution is -2.42. The molecule has 3 rings (SSSR count). The second kappa shape index (κ2) is 9.15. The van der Waals surface area contributed by atoms with Crippen LogP contribution in [-0.4, -0.2) is 58.7 Å². The van der Waals surface area contributed by atoms with Crippen molar-refractivity contribution in [3.8, 4) is 0 Å². The van der Waals surface area contributed by atoms with Gasteiger partial charge in [0.15, 0.2) is 0 Å². The Bertz CT molecular complexity index is 877. The molecule has 0 radical (unpaired) electrons. The zero-order valence-electron chi connectivity index (χ0n) is 17.1. The Labute approximate surface area is 166 Å². The zero-order valence-corrected chi connectivity index (χ0v) is 17.1. The Balaban J connectivity index is 1.53. The van der Waals surface area contributed by atoms with Gasteiger partial charge in [-0.25, -0.2) is 4.68 Å². The van der Waals surface area contributed by atoms with E-state index in [2.05, 4.69) is 41.2 Å². The molecule has 6 heteroatoms. The number of nitrogens with zero attached hydrogens (tertiary/aromatic N) is 4. The molecule has 1 amide bonds. The van der Waals surface area contributed by atoms with Gasteiger partial charge in [0.25, 0.3) is 11.5 Å². The van der Waals surface area contributed by atoms with Crippen LogP contribution in [-0.2, 0) is 13.5 Å². The van der Waals surface area contributed by atoms with Crippen LogP contribution in [0.1, 0.15) is 34.5 Å². The second-order valence-corrected chi connectivity index (χ2v) is 7.85. The molecule has 1 fully saturated rings. The first-order valence-corrected chi connectivity index (χ1v) is 10.0. The number of benzene rings is 1. The van der Waals surface area contributed by atoms with E-state index < -0.39 is 0 Å². The SMILES string of the molecule is Cc1ccccc1CCN1CCC[C@H](CN(C)C(=O)c2ccc(=O)n(C)n2)C1. The van der Waals surface area contributed by atoms with Crippen LogP contribution >= 0.6 is 0 Å². The van der Waals surface area contributed by atoms with Gasteiger partial charge < -0.3 is 9.80 Å². The Kier molecular flexibility index (Phi) is 6.62. The van der Waals surface area contributed by atoms with Crippen LogP contribution in [0.2, 0.25) is 0 Å². The topological polar surface area (TPSA) is 58.4 Å². The molecule has 0 saturated carbocycles. The van der Waals surface area contributed by atoms with Crippen molar-refractivity contribution in [1.82, 2.24) is 19.6 Å². The van der Waals surface area contributed by atoms with Gasteiger partial charge in [0.1, 0.15) is 5.69 Å². The summed E-state index contributed by atoms with van der Waals surface area (Å²) in [6.07, 6.45) is 3.37. The maximum absolute atomic E-state index is 12.6. The maximum atomic E-state index is 12.6. The summed E-state index contributed by atoms with van der Waals surface area (Å²) in [7, 11) is 3.38. The Morgan fingerprint density at radius 2 is 2.04 bits per heavy atom. The molecular formula is C22H30N4O2. The Morgan fingerprint density at radius 3 is 2.79 bits per heavy atom. The minimum absolute atomic E-state index is 0.132. The summed E-state index contributed by atoms with van der Waals surface area (Å²) in [6, 6.07) is 11.5. The monoisotopic (exact) mass is 382 g/mol. The molecule has 150 valence electrons. The highest BCUT2D eigenvalue weighted by molar-refractivity contribution is 5.91. The van der Waals surface area contributed by atoms with E-state index in [0.29, 0.717) is 18.2 Å². The molecule has 0 unspecified atom stereocenters. The van der Waals surface area contributed by atoms with Gasteiger partial charge in [-0.3, -0.25) is 9.59 Å². The van der Waals surface area contributed by atoms with E-state index in [0.717, 1.165) is 32.5 Å². The summed E-state index contributed by atoms with van der Waals surface area (Å²) in [4.78, 5) is 28.4. The number of piperidine rings is 1. The quantitative estimate of drug-likeness (QED) is 0.768. The first-order valence-electron chi connectivity index (χ1n) is 10.0. The van der Waals surface area contributed by atoms with Crippen molar-refractivity contribution in [3.05, 3.63) is 63.6 Å². The zero-order chi connectivity index (χ0) is 20.1. The normalized spacial score (nSPS) is 17.5. The fourth-order valence-corrected chi connectivity index (χ4v) is 3.95. The minimum atomic E-state index is -0.212. The molecule has 1 aromatic heterocycles. The van der Waals surface area contributed by atoms with Crippen molar-refractivity contribution >= 4 is 5.91 Å². The van der Waals surface area contributed by atoms with Crippen molar-refractivity contribution in [1.29, 1.82) is 0 Å². The van der Waals surface area contributed by atoms with Crippen LogP contribution in [0.4, 0.5) is 0 Å². The number of carbonyl (C=O) groups excluding carboxylic acids is 1. The van der Waals surface area contributed by atoms with Gasteiger partial charge in [-0.2, -0.15) is 5.10 Å². The summed E-state index contributed by atoms with van der Waals surface area (Å²) in [5, 5.41) is 4.08. The number of aryl methyl sites for hydroxylation is 2. The first kappa shape index (κ1) is 20.3. The number of amides is 1. The average Bonchev–Trinajstić information content (AvgIpc) is 2.69. The fraction of sp³-hybridized carbons (Fsp3) is 0.500. The Hall–Kier alpha value is -2.47. The average molecular weight is 383 g/mol. The molecule has 0 N–H and O–H groups in total. The molecule has 0 bridgehead atoms. The van der Waals surface area contributed by atoms with E-state index in [-0.39, 0.29) is 11.5 Å². The van der Waals surface area contributed by atoms with Crippen molar-refractivity contribution in [2.75, 3.05) is 33.2 Å². The fourth-order valence-electron chi connectivity index (χ4n) is 3.95. The van der Waals surface area contributed by atoms with E-state index >= 15 is 0 Å². The molecule has 2 aromatic rings. The third-order valence-electron chi connectivity index (χ3n) is 5.62. The molecule has 0 aliphatic carbocycles. The predicted octanol–water partition coefficient (Wildman–Crippen LogP) is 2.12. The van der Waals surface area contributed by atoms with Crippen molar-refractivity contribution in [2.24, 2.45) is 13.0 Å². The molecule has 28 heavy (non-hydrogen) atoms. The molecular weight excluding hydrogens is 352 g/mol. The van der Waals surface area contributed by atoms with E-state index in [1.54, 1.807) is 11.9 Å². The lowest BCUT2D eigenvalue weighted by atomic mass is 9.96. The van der Waals surface area contributed by atoms with Crippen LogP contribution in [0, 0.1) is 12.8 Å². The van der Waals surface area contributed by atoms with E-state index in [9.17, 15) is 9.59 Å². The molecule has 1 aliphatic heterocycles. The van der Waals surface area contributed by atoms with Gasteiger partial charge in [-0.1, -0.05) is 24.3 Å². The van der Waals surface area contributed by atoms with Crippen molar-refractivity contribution < 1.29 is 4.79 Å². The van der Waals surface area contributed by atoms with Crippen molar-refractivity contribution in [3.63, 3.8) is 0 Å². The van der Waals surface area contributed by atoms with Gasteiger partial charge in [-0.05, 0) is 55.8 Å². The number of hydrogen-bond acceptors (Lipinski definition) is 4. The number of likely N-dealkylation sites (tertiary alicyclic amines) is 1.